The Kier molecular flexibility index (Phi) is 28.7. The first-order valence-electron chi connectivity index (χ1n) is 13.2. The van der Waals surface area contributed by atoms with E-state index in [4.69, 9.17) is 28.5 Å². The molecule has 0 rings (SSSR count). The standard InChI is InChI=1S/C13H28O6S2.C11H24O2.2CO2/c1-6-9-13(2,3)10-7-12(19-21(5,16)17)8-11-18-20(4,14)15;1-4-7-11(2,3)8-5-10(13)6-9-12;2*2-1-3/h12H,6-11H2,1-5H3;10,12-13H,4-9H2,1-3H3;;/t12-;10-;;/m00../s1. The summed E-state index contributed by atoms with van der Waals surface area (Å²) in [6.45, 7) is 13.0. The molecule has 0 aliphatic heterocycles. The summed E-state index contributed by atoms with van der Waals surface area (Å²) in [6.07, 6.45) is 10.0. The fourth-order valence-corrected chi connectivity index (χ4v) is 4.91. The monoisotopic (exact) mass is 620 g/mol. The van der Waals surface area contributed by atoms with E-state index in [9.17, 15) is 21.9 Å². The largest absolute Gasteiger partial charge is 0.396 e. The molecule has 0 fully saturated rings. The van der Waals surface area contributed by atoms with E-state index < -0.39 is 26.3 Å². The minimum absolute atomic E-state index is 0.0762. The Balaban J connectivity index is -0.000000289. The van der Waals surface area contributed by atoms with Crippen molar-refractivity contribution in [2.45, 2.75) is 118 Å². The molecule has 0 spiro atoms. The number of hydrogen-bond acceptors (Lipinski definition) is 12. The SMILES string of the molecule is CCCC(C)(C)CC[C@@H](CCOS(C)(=O)=O)OS(C)(=O)=O.CCCC(C)(C)CC[C@H](O)CCO.O=C=O.O=C=O. The maximum absolute atomic E-state index is 11.3. The van der Waals surface area contributed by atoms with Crippen molar-refractivity contribution in [1.29, 1.82) is 0 Å². The van der Waals surface area contributed by atoms with Crippen LogP contribution < -0.4 is 0 Å². The van der Waals surface area contributed by atoms with E-state index in [-0.39, 0.29) is 43.5 Å². The van der Waals surface area contributed by atoms with Gasteiger partial charge in [0.2, 0.25) is 0 Å². The average Bonchev–Trinajstić information content (AvgIpc) is 2.76. The van der Waals surface area contributed by atoms with Crippen LogP contribution in [0.5, 0.6) is 0 Å². The lowest BCUT2D eigenvalue weighted by atomic mass is 9.82. The molecule has 0 saturated heterocycles. The first kappa shape index (κ1) is 45.5. The minimum atomic E-state index is -3.57. The highest BCUT2D eigenvalue weighted by Crippen LogP contribution is 2.30. The number of aliphatic hydroxyl groups is 2. The molecule has 0 saturated carbocycles. The highest BCUT2D eigenvalue weighted by molar-refractivity contribution is 7.86. The van der Waals surface area contributed by atoms with Crippen LogP contribution in [0.15, 0.2) is 0 Å². The van der Waals surface area contributed by atoms with Crippen molar-refractivity contribution in [3.63, 3.8) is 0 Å². The van der Waals surface area contributed by atoms with Crippen molar-refractivity contribution in [2.24, 2.45) is 10.8 Å². The highest BCUT2D eigenvalue weighted by Gasteiger charge is 2.22. The van der Waals surface area contributed by atoms with E-state index in [0.717, 1.165) is 44.6 Å². The summed E-state index contributed by atoms with van der Waals surface area (Å²) in [5.74, 6) is 0. The van der Waals surface area contributed by atoms with Crippen LogP contribution in [-0.4, -0.2) is 77.3 Å². The van der Waals surface area contributed by atoms with Gasteiger partial charge in [0, 0.05) is 6.61 Å². The van der Waals surface area contributed by atoms with Gasteiger partial charge in [0.15, 0.2) is 0 Å². The van der Waals surface area contributed by atoms with E-state index in [1.54, 1.807) is 0 Å². The number of aliphatic hydroxyl groups excluding tert-OH is 2. The summed E-state index contributed by atoms with van der Waals surface area (Å²) < 4.78 is 54.1. The van der Waals surface area contributed by atoms with E-state index in [0.29, 0.717) is 18.3 Å². The van der Waals surface area contributed by atoms with E-state index in [1.807, 2.05) is 0 Å². The van der Waals surface area contributed by atoms with E-state index in [1.165, 1.54) is 12.8 Å². The Hall–Kier alpha value is -1.50. The summed E-state index contributed by atoms with van der Waals surface area (Å²) in [7, 11) is -7.09. The van der Waals surface area contributed by atoms with Gasteiger partial charge in [-0.05, 0) is 62.2 Å². The van der Waals surface area contributed by atoms with Crippen molar-refractivity contribution >= 4 is 32.5 Å². The third kappa shape index (κ3) is 41.0. The summed E-state index contributed by atoms with van der Waals surface area (Å²) in [6, 6.07) is 0. The fraction of sp³-hybridized carbons (Fsp3) is 0.923. The van der Waals surface area contributed by atoms with Crippen LogP contribution in [-0.2, 0) is 47.8 Å². The molecule has 12 nitrogen and oxygen atoms in total. The maximum atomic E-state index is 11.3. The Morgan fingerprint density at radius 2 is 1.10 bits per heavy atom. The quantitative estimate of drug-likeness (QED) is 0.212. The van der Waals surface area contributed by atoms with Crippen molar-refractivity contribution < 1.29 is 54.6 Å². The number of rotatable bonds is 18. The van der Waals surface area contributed by atoms with E-state index in [2.05, 4.69) is 45.7 Å². The normalized spacial score (nSPS) is 13.1. The van der Waals surface area contributed by atoms with Crippen LogP contribution in [0.3, 0.4) is 0 Å². The first-order valence-corrected chi connectivity index (χ1v) is 16.8. The lowest BCUT2D eigenvalue weighted by Gasteiger charge is -2.26. The van der Waals surface area contributed by atoms with Gasteiger partial charge in [-0.2, -0.15) is 36.0 Å². The fourth-order valence-electron chi connectivity index (χ4n) is 3.82. The van der Waals surface area contributed by atoms with Crippen molar-refractivity contribution in [3.8, 4) is 0 Å². The highest BCUT2D eigenvalue weighted by atomic mass is 32.2. The van der Waals surface area contributed by atoms with E-state index >= 15 is 0 Å². The first-order chi connectivity index (χ1) is 18.2. The van der Waals surface area contributed by atoms with Crippen LogP contribution in [0.25, 0.3) is 0 Å². The third-order valence-corrected chi connectivity index (χ3v) is 6.88. The smallest absolute Gasteiger partial charge is 0.373 e. The summed E-state index contributed by atoms with van der Waals surface area (Å²) in [4.78, 5) is 32.5. The molecule has 0 radical (unpaired) electrons. The van der Waals surface area contributed by atoms with Crippen LogP contribution in [0.2, 0.25) is 0 Å². The van der Waals surface area contributed by atoms with Gasteiger partial charge in [0.05, 0.1) is 31.3 Å². The Labute approximate surface area is 241 Å². The number of hydrogen-bond donors (Lipinski definition) is 2. The molecular weight excluding hydrogens is 568 g/mol. The van der Waals surface area contributed by atoms with Crippen LogP contribution in [0, 0.1) is 10.8 Å². The topological polar surface area (TPSA) is 195 Å². The Bertz CT molecular complexity index is 873. The van der Waals surface area contributed by atoms with Crippen LogP contribution in [0.4, 0.5) is 0 Å². The molecule has 14 heteroatoms. The molecule has 0 unspecified atom stereocenters. The number of carbonyl (C=O) groups excluding carboxylic acids is 4. The Morgan fingerprint density at radius 1 is 0.700 bits per heavy atom. The molecule has 2 N–H and O–H groups in total. The second kappa shape index (κ2) is 25.2. The molecule has 40 heavy (non-hydrogen) atoms. The molecule has 0 aromatic carbocycles. The molecular formula is C26H52O12S2. The lowest BCUT2D eigenvalue weighted by Crippen LogP contribution is -2.23. The molecule has 0 aliphatic rings. The second-order valence-electron chi connectivity index (χ2n) is 11.0. The van der Waals surface area contributed by atoms with Crippen LogP contribution >= 0.6 is 0 Å². The summed E-state index contributed by atoms with van der Waals surface area (Å²) in [5.41, 5.74) is 0.441. The second-order valence-corrected chi connectivity index (χ2v) is 14.2. The zero-order chi connectivity index (χ0) is 32.5. The lowest BCUT2D eigenvalue weighted by molar-refractivity contribution is -0.193. The zero-order valence-electron chi connectivity index (χ0n) is 25.4. The van der Waals surface area contributed by atoms with Crippen molar-refractivity contribution in [1.82, 2.24) is 0 Å². The van der Waals surface area contributed by atoms with Gasteiger partial charge >= 0.3 is 12.3 Å². The molecule has 0 aromatic rings. The zero-order valence-corrected chi connectivity index (χ0v) is 27.1. The average molecular weight is 621 g/mol. The van der Waals surface area contributed by atoms with Gasteiger partial charge in [0.1, 0.15) is 0 Å². The van der Waals surface area contributed by atoms with Crippen molar-refractivity contribution in [2.75, 3.05) is 25.7 Å². The molecule has 0 bridgehead atoms. The third-order valence-electron chi connectivity index (χ3n) is 5.66. The molecule has 2 atom stereocenters. The minimum Gasteiger partial charge on any atom is -0.396 e. The van der Waals surface area contributed by atoms with Gasteiger partial charge in [-0.3, -0.25) is 8.37 Å². The van der Waals surface area contributed by atoms with Gasteiger partial charge in [-0.25, -0.2) is 0 Å². The van der Waals surface area contributed by atoms with Crippen LogP contribution in [0.1, 0.15) is 106 Å². The molecule has 0 amide bonds. The predicted octanol–water partition coefficient (Wildman–Crippen LogP) is 3.47. The molecule has 0 aromatic heterocycles. The summed E-state index contributed by atoms with van der Waals surface area (Å²) >= 11 is 0. The molecule has 0 heterocycles. The van der Waals surface area contributed by atoms with Crippen molar-refractivity contribution in [3.05, 3.63) is 0 Å². The maximum Gasteiger partial charge on any atom is 0.373 e. The molecule has 0 aliphatic carbocycles. The van der Waals surface area contributed by atoms with Gasteiger partial charge in [0.25, 0.3) is 20.2 Å². The predicted molar refractivity (Wildman–Crippen MR) is 149 cm³/mol. The van der Waals surface area contributed by atoms with Gasteiger partial charge in [-0.1, -0.05) is 54.4 Å². The van der Waals surface area contributed by atoms with Gasteiger partial charge in [-0.15, -0.1) is 0 Å². The van der Waals surface area contributed by atoms with Gasteiger partial charge < -0.3 is 10.2 Å². The Morgan fingerprint density at radius 3 is 1.43 bits per heavy atom. The summed E-state index contributed by atoms with van der Waals surface area (Å²) in [5, 5.41) is 18.0. The molecule has 240 valence electrons.